The summed E-state index contributed by atoms with van der Waals surface area (Å²) in [5.74, 6) is 0. The predicted molar refractivity (Wildman–Crippen MR) is 66.0 cm³/mol. The topological polar surface area (TPSA) is 42.7 Å². The highest BCUT2D eigenvalue weighted by Crippen LogP contribution is 2.15. The van der Waals surface area contributed by atoms with Crippen LogP contribution in [-0.2, 0) is 13.1 Å². The highest BCUT2D eigenvalue weighted by atomic mass is 35.5. The summed E-state index contributed by atoms with van der Waals surface area (Å²) < 4.78 is 1.82. The van der Waals surface area contributed by atoms with Gasteiger partial charge >= 0.3 is 0 Å². The molecule has 0 bridgehead atoms. The van der Waals surface area contributed by atoms with Crippen LogP contribution in [0, 0.1) is 6.92 Å². The number of hydrogen-bond donors (Lipinski definition) is 1. The van der Waals surface area contributed by atoms with Crippen molar-refractivity contribution >= 4 is 22.9 Å². The van der Waals surface area contributed by atoms with Crippen LogP contribution in [0.2, 0.25) is 5.02 Å². The third kappa shape index (κ3) is 2.61. The zero-order chi connectivity index (χ0) is 11.5. The van der Waals surface area contributed by atoms with E-state index in [0.29, 0.717) is 11.6 Å². The minimum atomic E-state index is 0.674. The smallest absolute Gasteiger partial charge is 0.107 e. The molecule has 2 heterocycles. The highest BCUT2D eigenvalue weighted by molar-refractivity contribution is 7.09. The fraction of sp³-hybridized carbons (Fsp3) is 0.400. The van der Waals surface area contributed by atoms with Gasteiger partial charge in [0.15, 0.2) is 0 Å². The van der Waals surface area contributed by atoms with Crippen LogP contribution < -0.4 is 5.32 Å². The molecule has 0 aliphatic rings. The van der Waals surface area contributed by atoms with Crippen molar-refractivity contribution in [3.8, 4) is 0 Å². The number of halogens is 1. The Hall–Kier alpha value is -0.910. The van der Waals surface area contributed by atoms with Crippen molar-refractivity contribution in [3.05, 3.63) is 33.0 Å². The van der Waals surface area contributed by atoms with Crippen LogP contribution in [0.4, 0.5) is 0 Å². The maximum Gasteiger partial charge on any atom is 0.107 e. The van der Waals surface area contributed by atoms with Gasteiger partial charge in [-0.2, -0.15) is 5.10 Å². The van der Waals surface area contributed by atoms with Gasteiger partial charge in [-0.3, -0.25) is 4.68 Å². The summed E-state index contributed by atoms with van der Waals surface area (Å²) >= 11 is 7.60. The van der Waals surface area contributed by atoms with Gasteiger partial charge < -0.3 is 5.32 Å². The van der Waals surface area contributed by atoms with E-state index >= 15 is 0 Å². The SMILES string of the molecule is CNCc1nc(Cn2cc(Cl)c(C)n2)cs1. The molecule has 0 aliphatic carbocycles. The van der Waals surface area contributed by atoms with Crippen molar-refractivity contribution in [1.29, 1.82) is 0 Å². The fourth-order valence-corrected chi connectivity index (χ4v) is 2.34. The number of hydrogen-bond acceptors (Lipinski definition) is 4. The van der Waals surface area contributed by atoms with E-state index < -0.39 is 0 Å². The summed E-state index contributed by atoms with van der Waals surface area (Å²) in [6, 6.07) is 0. The number of rotatable bonds is 4. The summed E-state index contributed by atoms with van der Waals surface area (Å²) in [7, 11) is 1.91. The van der Waals surface area contributed by atoms with Crippen LogP contribution in [0.25, 0.3) is 0 Å². The molecule has 0 saturated carbocycles. The maximum absolute atomic E-state index is 5.94. The quantitative estimate of drug-likeness (QED) is 0.911. The molecular formula is C10H13ClN4S. The first-order valence-corrected chi connectivity index (χ1v) is 6.22. The molecule has 0 saturated heterocycles. The Labute approximate surface area is 103 Å². The van der Waals surface area contributed by atoms with E-state index in [2.05, 4.69) is 20.8 Å². The molecule has 0 atom stereocenters. The first-order valence-electron chi connectivity index (χ1n) is 4.96. The molecule has 0 fully saturated rings. The Morgan fingerprint density at radius 1 is 1.56 bits per heavy atom. The number of nitrogens with one attached hydrogen (secondary N) is 1. The molecule has 0 aliphatic heterocycles. The minimum absolute atomic E-state index is 0.674. The van der Waals surface area contributed by atoms with E-state index in [9.17, 15) is 0 Å². The Balaban J connectivity index is 2.08. The lowest BCUT2D eigenvalue weighted by Gasteiger charge is -1.96. The molecule has 1 N–H and O–H groups in total. The largest absolute Gasteiger partial charge is 0.314 e. The van der Waals surface area contributed by atoms with Crippen molar-refractivity contribution in [1.82, 2.24) is 20.1 Å². The average molecular weight is 257 g/mol. The Morgan fingerprint density at radius 3 is 3.00 bits per heavy atom. The van der Waals surface area contributed by atoms with E-state index in [1.165, 1.54) is 0 Å². The molecule has 2 aromatic rings. The van der Waals surface area contributed by atoms with Gasteiger partial charge in [-0.15, -0.1) is 11.3 Å². The molecule has 2 aromatic heterocycles. The van der Waals surface area contributed by atoms with Crippen molar-refractivity contribution in [3.63, 3.8) is 0 Å². The van der Waals surface area contributed by atoms with Gasteiger partial charge in [-0.1, -0.05) is 11.6 Å². The summed E-state index contributed by atoms with van der Waals surface area (Å²) in [5.41, 5.74) is 1.88. The lowest BCUT2D eigenvalue weighted by atomic mass is 10.5. The minimum Gasteiger partial charge on any atom is -0.314 e. The maximum atomic E-state index is 5.94. The number of nitrogens with zero attached hydrogens (tertiary/aromatic N) is 3. The summed E-state index contributed by atoms with van der Waals surface area (Å²) in [4.78, 5) is 4.49. The lowest BCUT2D eigenvalue weighted by molar-refractivity contribution is 0.665. The second-order valence-corrected chi connectivity index (χ2v) is 4.87. The normalized spacial score (nSPS) is 10.9. The lowest BCUT2D eigenvalue weighted by Crippen LogP contribution is -2.05. The van der Waals surface area contributed by atoms with Gasteiger partial charge in [0.2, 0.25) is 0 Å². The second kappa shape index (κ2) is 4.95. The van der Waals surface area contributed by atoms with Gasteiger partial charge in [0.25, 0.3) is 0 Å². The van der Waals surface area contributed by atoms with E-state index in [4.69, 9.17) is 11.6 Å². The summed E-state index contributed by atoms with van der Waals surface area (Å²) in [6.07, 6.45) is 1.83. The van der Waals surface area contributed by atoms with Crippen molar-refractivity contribution in [2.75, 3.05) is 7.05 Å². The molecule has 16 heavy (non-hydrogen) atoms. The molecule has 0 radical (unpaired) electrons. The van der Waals surface area contributed by atoms with E-state index in [1.807, 2.05) is 24.9 Å². The molecule has 6 heteroatoms. The van der Waals surface area contributed by atoms with Crippen LogP contribution >= 0.6 is 22.9 Å². The van der Waals surface area contributed by atoms with Crippen LogP contribution in [-0.4, -0.2) is 21.8 Å². The predicted octanol–water partition coefficient (Wildman–Crippen LogP) is 2.07. The van der Waals surface area contributed by atoms with Gasteiger partial charge in [0.05, 0.1) is 23.0 Å². The van der Waals surface area contributed by atoms with Crippen LogP contribution in [0.1, 0.15) is 16.4 Å². The van der Waals surface area contributed by atoms with E-state index in [0.717, 1.165) is 22.9 Å². The standard InChI is InChI=1S/C10H13ClN4S/c1-7-9(11)5-15(14-7)4-8-6-16-10(13-8)3-12-2/h5-6,12H,3-4H2,1-2H3. The number of aromatic nitrogens is 3. The zero-order valence-electron chi connectivity index (χ0n) is 9.20. The first-order chi connectivity index (χ1) is 7.69. The van der Waals surface area contributed by atoms with Gasteiger partial charge in [-0.25, -0.2) is 4.98 Å². The molecule has 0 aromatic carbocycles. The molecule has 0 amide bonds. The monoisotopic (exact) mass is 256 g/mol. The Bertz CT molecular complexity index is 457. The summed E-state index contributed by atoms with van der Waals surface area (Å²) in [5, 5.41) is 11.2. The fourth-order valence-electron chi connectivity index (χ4n) is 1.39. The molecule has 4 nitrogen and oxygen atoms in total. The highest BCUT2D eigenvalue weighted by Gasteiger charge is 2.05. The third-order valence-corrected chi connectivity index (χ3v) is 3.41. The number of aryl methyl sites for hydroxylation is 1. The first kappa shape index (κ1) is 11.6. The average Bonchev–Trinajstić information content (AvgIpc) is 2.77. The zero-order valence-corrected chi connectivity index (χ0v) is 10.8. The van der Waals surface area contributed by atoms with Gasteiger partial charge in [0.1, 0.15) is 5.01 Å². The Morgan fingerprint density at radius 2 is 2.38 bits per heavy atom. The van der Waals surface area contributed by atoms with Crippen molar-refractivity contribution in [2.45, 2.75) is 20.0 Å². The Kier molecular flexibility index (Phi) is 3.58. The molecule has 0 unspecified atom stereocenters. The molecule has 2 rings (SSSR count). The van der Waals surface area contributed by atoms with E-state index in [1.54, 1.807) is 11.3 Å². The van der Waals surface area contributed by atoms with Gasteiger partial charge in [0, 0.05) is 18.1 Å². The van der Waals surface area contributed by atoms with Gasteiger partial charge in [-0.05, 0) is 14.0 Å². The third-order valence-electron chi connectivity index (χ3n) is 2.14. The molecule has 86 valence electrons. The summed E-state index contributed by atoms with van der Waals surface area (Å²) in [6.45, 7) is 3.38. The van der Waals surface area contributed by atoms with Crippen molar-refractivity contribution < 1.29 is 0 Å². The van der Waals surface area contributed by atoms with Crippen LogP contribution in [0.3, 0.4) is 0 Å². The van der Waals surface area contributed by atoms with E-state index in [-0.39, 0.29) is 0 Å². The van der Waals surface area contributed by atoms with Crippen LogP contribution in [0.5, 0.6) is 0 Å². The number of thiazole rings is 1. The van der Waals surface area contributed by atoms with Crippen LogP contribution in [0.15, 0.2) is 11.6 Å². The van der Waals surface area contributed by atoms with Crippen molar-refractivity contribution in [2.24, 2.45) is 0 Å². The molecule has 0 spiro atoms. The molecular weight excluding hydrogens is 244 g/mol. The second-order valence-electron chi connectivity index (χ2n) is 3.52.